The number of rotatable bonds is 6. The number of aromatic nitrogens is 2. The third-order valence-corrected chi connectivity index (χ3v) is 3.19. The molecular weight excluding hydrogens is 238 g/mol. The average Bonchev–Trinajstić information content (AvgIpc) is 2.89. The Balaban J connectivity index is 1.79. The lowest BCUT2D eigenvalue weighted by Crippen LogP contribution is -2.32. The maximum Gasteiger partial charge on any atom is 0.0860 e. The smallest absolute Gasteiger partial charge is 0.0860 e. The van der Waals surface area contributed by atoms with Gasteiger partial charge in [-0.1, -0.05) is 29.8 Å². The number of aliphatic hydroxyl groups excluding tert-OH is 1. The average molecular weight is 259 g/mol. The van der Waals surface area contributed by atoms with Crippen LogP contribution >= 0.6 is 0 Å². The van der Waals surface area contributed by atoms with E-state index >= 15 is 0 Å². The second kappa shape index (κ2) is 6.50. The van der Waals surface area contributed by atoms with Gasteiger partial charge in [-0.25, -0.2) is 0 Å². The first-order valence-electron chi connectivity index (χ1n) is 6.60. The first-order valence-corrected chi connectivity index (χ1v) is 6.60. The fourth-order valence-corrected chi connectivity index (χ4v) is 1.97. The fourth-order valence-electron chi connectivity index (χ4n) is 1.97. The molecule has 1 heterocycles. The molecule has 0 amide bonds. The second-order valence-corrected chi connectivity index (χ2v) is 4.92. The summed E-state index contributed by atoms with van der Waals surface area (Å²) in [5, 5.41) is 17.4. The maximum absolute atomic E-state index is 9.94. The molecule has 2 N–H and O–H groups in total. The zero-order valence-corrected chi connectivity index (χ0v) is 11.5. The minimum atomic E-state index is -0.437. The standard InChI is InChI=1S/C15H21N3O/c1-12-4-6-14(7-5-12)13(2)16-10-15(19)11-18-9-3-8-17-18/h3-9,13,15-16,19H,10-11H2,1-2H3. The van der Waals surface area contributed by atoms with Crippen LogP contribution in [0.5, 0.6) is 0 Å². The van der Waals surface area contributed by atoms with Gasteiger partial charge in [-0.2, -0.15) is 5.10 Å². The predicted octanol–water partition coefficient (Wildman–Crippen LogP) is 1.90. The molecule has 0 spiro atoms. The molecule has 2 unspecified atom stereocenters. The molecular formula is C15H21N3O. The van der Waals surface area contributed by atoms with E-state index in [2.05, 4.69) is 48.5 Å². The van der Waals surface area contributed by atoms with Gasteiger partial charge in [0.15, 0.2) is 0 Å². The molecule has 0 radical (unpaired) electrons. The Morgan fingerprint density at radius 1 is 1.32 bits per heavy atom. The van der Waals surface area contributed by atoms with E-state index in [0.717, 1.165) is 0 Å². The van der Waals surface area contributed by atoms with Crippen molar-refractivity contribution in [3.8, 4) is 0 Å². The molecule has 2 rings (SSSR count). The Hall–Kier alpha value is -1.65. The van der Waals surface area contributed by atoms with Crippen molar-refractivity contribution in [2.75, 3.05) is 6.54 Å². The van der Waals surface area contributed by atoms with E-state index in [0.29, 0.717) is 13.1 Å². The van der Waals surface area contributed by atoms with Gasteiger partial charge < -0.3 is 10.4 Å². The van der Waals surface area contributed by atoms with Crippen LogP contribution in [0, 0.1) is 6.92 Å². The Kier molecular flexibility index (Phi) is 4.71. The minimum Gasteiger partial charge on any atom is -0.390 e. The number of hydrogen-bond donors (Lipinski definition) is 2. The minimum absolute atomic E-state index is 0.230. The molecule has 19 heavy (non-hydrogen) atoms. The summed E-state index contributed by atoms with van der Waals surface area (Å²) in [7, 11) is 0. The quantitative estimate of drug-likeness (QED) is 0.833. The molecule has 0 fully saturated rings. The Morgan fingerprint density at radius 3 is 2.68 bits per heavy atom. The zero-order valence-electron chi connectivity index (χ0n) is 11.5. The highest BCUT2D eigenvalue weighted by Crippen LogP contribution is 2.12. The fraction of sp³-hybridized carbons (Fsp3) is 0.400. The van der Waals surface area contributed by atoms with Gasteiger partial charge in [0.1, 0.15) is 0 Å². The molecule has 4 nitrogen and oxygen atoms in total. The first kappa shape index (κ1) is 13.8. The Morgan fingerprint density at radius 2 is 2.05 bits per heavy atom. The number of nitrogens with one attached hydrogen (secondary N) is 1. The van der Waals surface area contributed by atoms with Crippen LogP contribution in [-0.4, -0.2) is 27.5 Å². The van der Waals surface area contributed by atoms with Gasteiger partial charge in [0, 0.05) is 25.0 Å². The van der Waals surface area contributed by atoms with Gasteiger partial charge in [0.25, 0.3) is 0 Å². The Bertz CT molecular complexity index is 479. The summed E-state index contributed by atoms with van der Waals surface area (Å²) in [6, 6.07) is 10.5. The number of aryl methyl sites for hydroxylation is 1. The lowest BCUT2D eigenvalue weighted by molar-refractivity contribution is 0.143. The van der Waals surface area contributed by atoms with Crippen LogP contribution in [0.4, 0.5) is 0 Å². The topological polar surface area (TPSA) is 50.1 Å². The normalized spacial score (nSPS) is 14.3. The Labute approximate surface area is 114 Å². The van der Waals surface area contributed by atoms with Gasteiger partial charge in [-0.05, 0) is 25.5 Å². The van der Waals surface area contributed by atoms with Crippen LogP contribution < -0.4 is 5.32 Å². The number of benzene rings is 1. The third kappa shape index (κ3) is 4.19. The van der Waals surface area contributed by atoms with Crippen LogP contribution in [-0.2, 0) is 6.54 Å². The van der Waals surface area contributed by atoms with Crippen molar-refractivity contribution in [3.63, 3.8) is 0 Å². The van der Waals surface area contributed by atoms with Crippen LogP contribution in [0.1, 0.15) is 24.1 Å². The van der Waals surface area contributed by atoms with E-state index in [1.54, 1.807) is 10.9 Å². The van der Waals surface area contributed by atoms with Gasteiger partial charge in [0.2, 0.25) is 0 Å². The molecule has 1 aromatic heterocycles. The summed E-state index contributed by atoms with van der Waals surface area (Å²) in [6.07, 6.45) is 3.13. The molecule has 0 aliphatic carbocycles. The number of hydrogen-bond acceptors (Lipinski definition) is 3. The molecule has 1 aromatic carbocycles. The molecule has 0 aliphatic heterocycles. The second-order valence-electron chi connectivity index (χ2n) is 4.92. The van der Waals surface area contributed by atoms with Gasteiger partial charge in [-0.15, -0.1) is 0 Å². The van der Waals surface area contributed by atoms with E-state index in [1.165, 1.54) is 11.1 Å². The number of nitrogens with zero attached hydrogens (tertiary/aromatic N) is 2. The molecule has 102 valence electrons. The number of aliphatic hydroxyl groups is 1. The maximum atomic E-state index is 9.94. The van der Waals surface area contributed by atoms with Crippen LogP contribution in [0.15, 0.2) is 42.7 Å². The molecule has 2 atom stereocenters. The molecule has 0 saturated heterocycles. The van der Waals surface area contributed by atoms with E-state index in [1.807, 2.05) is 12.3 Å². The van der Waals surface area contributed by atoms with E-state index in [4.69, 9.17) is 0 Å². The van der Waals surface area contributed by atoms with Crippen LogP contribution in [0.2, 0.25) is 0 Å². The summed E-state index contributed by atoms with van der Waals surface area (Å²) >= 11 is 0. The highest BCUT2D eigenvalue weighted by Gasteiger charge is 2.09. The zero-order chi connectivity index (χ0) is 13.7. The summed E-state index contributed by atoms with van der Waals surface area (Å²) in [4.78, 5) is 0. The predicted molar refractivity (Wildman–Crippen MR) is 75.8 cm³/mol. The van der Waals surface area contributed by atoms with Crippen molar-refractivity contribution in [1.29, 1.82) is 0 Å². The van der Waals surface area contributed by atoms with Crippen molar-refractivity contribution >= 4 is 0 Å². The van der Waals surface area contributed by atoms with E-state index in [-0.39, 0.29) is 6.04 Å². The summed E-state index contributed by atoms with van der Waals surface area (Å²) in [6.45, 7) is 5.25. The van der Waals surface area contributed by atoms with E-state index in [9.17, 15) is 5.11 Å². The lowest BCUT2D eigenvalue weighted by atomic mass is 10.1. The van der Waals surface area contributed by atoms with E-state index < -0.39 is 6.10 Å². The first-order chi connectivity index (χ1) is 9.15. The molecule has 4 heteroatoms. The van der Waals surface area contributed by atoms with Gasteiger partial charge in [-0.3, -0.25) is 4.68 Å². The highest BCUT2D eigenvalue weighted by atomic mass is 16.3. The molecule has 0 saturated carbocycles. The van der Waals surface area contributed by atoms with Crippen molar-refractivity contribution in [1.82, 2.24) is 15.1 Å². The summed E-state index contributed by atoms with van der Waals surface area (Å²) in [5.41, 5.74) is 2.49. The van der Waals surface area contributed by atoms with Crippen molar-refractivity contribution in [3.05, 3.63) is 53.9 Å². The lowest BCUT2D eigenvalue weighted by Gasteiger charge is -2.17. The summed E-state index contributed by atoms with van der Waals surface area (Å²) in [5.74, 6) is 0. The van der Waals surface area contributed by atoms with Crippen molar-refractivity contribution in [2.45, 2.75) is 32.5 Å². The molecule has 0 bridgehead atoms. The molecule has 0 aliphatic rings. The van der Waals surface area contributed by atoms with Crippen molar-refractivity contribution in [2.24, 2.45) is 0 Å². The van der Waals surface area contributed by atoms with Gasteiger partial charge >= 0.3 is 0 Å². The summed E-state index contributed by atoms with van der Waals surface area (Å²) < 4.78 is 1.74. The van der Waals surface area contributed by atoms with Crippen LogP contribution in [0.3, 0.4) is 0 Å². The monoisotopic (exact) mass is 259 g/mol. The third-order valence-electron chi connectivity index (χ3n) is 3.19. The highest BCUT2D eigenvalue weighted by molar-refractivity contribution is 5.23. The molecule has 2 aromatic rings. The largest absolute Gasteiger partial charge is 0.390 e. The van der Waals surface area contributed by atoms with Gasteiger partial charge in [0.05, 0.1) is 12.6 Å². The SMILES string of the molecule is Cc1ccc(C(C)NCC(O)Cn2cccn2)cc1. The van der Waals surface area contributed by atoms with Crippen LogP contribution in [0.25, 0.3) is 0 Å². The van der Waals surface area contributed by atoms with Crippen molar-refractivity contribution < 1.29 is 5.11 Å².